The number of hydrogen-bond acceptors (Lipinski definition) is 4. The van der Waals surface area contributed by atoms with E-state index in [0.29, 0.717) is 26.2 Å². The third-order valence-electron chi connectivity index (χ3n) is 3.35. The number of hydroxylamine groups is 1. The van der Waals surface area contributed by atoms with Crippen molar-refractivity contribution in [3.05, 3.63) is 35.9 Å². The molecule has 1 aromatic carbocycles. The SMILES string of the molecule is O=C(C=Cc1ccccc1N1CCN(C(=O)O)CC1)NO. The molecule has 0 radical (unpaired) electrons. The standard InChI is InChI=1S/C14H17N3O4/c18-13(15-21)6-5-11-3-1-2-4-12(11)16-7-9-17(10-8-16)14(19)20/h1-6,21H,7-10H2,(H,15,18)(H,19,20). The number of piperazine rings is 1. The van der Waals surface area contributed by atoms with Crippen LogP contribution < -0.4 is 10.4 Å². The van der Waals surface area contributed by atoms with Gasteiger partial charge in [0, 0.05) is 37.9 Å². The normalized spacial score (nSPS) is 15.3. The molecule has 0 spiro atoms. The number of nitrogens with one attached hydrogen (secondary N) is 1. The first-order valence-electron chi connectivity index (χ1n) is 6.56. The van der Waals surface area contributed by atoms with Crippen LogP contribution in [0.3, 0.4) is 0 Å². The summed E-state index contributed by atoms with van der Waals surface area (Å²) in [7, 11) is 0. The molecular weight excluding hydrogens is 274 g/mol. The molecule has 0 aromatic heterocycles. The number of carbonyl (C=O) groups is 2. The minimum atomic E-state index is -0.901. The number of carboxylic acid groups (broad SMARTS) is 1. The van der Waals surface area contributed by atoms with Crippen LogP contribution in [0.15, 0.2) is 30.3 Å². The Hall–Kier alpha value is -2.54. The van der Waals surface area contributed by atoms with Crippen molar-refractivity contribution in [3.8, 4) is 0 Å². The molecule has 7 heteroatoms. The zero-order valence-corrected chi connectivity index (χ0v) is 11.4. The highest BCUT2D eigenvalue weighted by atomic mass is 16.5. The quantitative estimate of drug-likeness (QED) is 0.439. The lowest BCUT2D eigenvalue weighted by Crippen LogP contribution is -2.48. The number of rotatable bonds is 3. The van der Waals surface area contributed by atoms with Gasteiger partial charge in [0.15, 0.2) is 0 Å². The summed E-state index contributed by atoms with van der Waals surface area (Å²) in [6.07, 6.45) is 1.96. The van der Waals surface area contributed by atoms with E-state index in [-0.39, 0.29) is 0 Å². The van der Waals surface area contributed by atoms with Gasteiger partial charge in [-0.1, -0.05) is 18.2 Å². The van der Waals surface area contributed by atoms with Crippen molar-refractivity contribution >= 4 is 23.8 Å². The van der Waals surface area contributed by atoms with Crippen molar-refractivity contribution in [1.29, 1.82) is 0 Å². The molecule has 7 nitrogen and oxygen atoms in total. The number of benzene rings is 1. The van der Waals surface area contributed by atoms with Gasteiger partial charge in [-0.15, -0.1) is 0 Å². The van der Waals surface area contributed by atoms with Gasteiger partial charge in [-0.25, -0.2) is 10.3 Å². The second-order valence-corrected chi connectivity index (χ2v) is 4.62. The van der Waals surface area contributed by atoms with E-state index in [1.807, 2.05) is 24.3 Å². The lowest BCUT2D eigenvalue weighted by atomic mass is 10.1. The summed E-state index contributed by atoms with van der Waals surface area (Å²) in [4.78, 5) is 25.4. The fourth-order valence-electron chi connectivity index (χ4n) is 2.26. The Morgan fingerprint density at radius 1 is 1.14 bits per heavy atom. The van der Waals surface area contributed by atoms with Gasteiger partial charge in [0.25, 0.3) is 5.91 Å². The summed E-state index contributed by atoms with van der Waals surface area (Å²) in [6.45, 7) is 2.10. The molecule has 21 heavy (non-hydrogen) atoms. The molecule has 1 heterocycles. The van der Waals surface area contributed by atoms with E-state index in [9.17, 15) is 9.59 Å². The van der Waals surface area contributed by atoms with Crippen LogP contribution in [0.4, 0.5) is 10.5 Å². The average molecular weight is 291 g/mol. The lowest BCUT2D eigenvalue weighted by Gasteiger charge is -2.35. The molecular formula is C14H17N3O4. The lowest BCUT2D eigenvalue weighted by molar-refractivity contribution is -0.124. The summed E-state index contributed by atoms with van der Waals surface area (Å²) in [6, 6.07) is 7.53. The Balaban J connectivity index is 2.12. The Labute approximate surface area is 122 Å². The molecule has 1 aliphatic rings. The third kappa shape index (κ3) is 3.73. The van der Waals surface area contributed by atoms with Crippen molar-refractivity contribution in [2.75, 3.05) is 31.1 Å². The highest BCUT2D eigenvalue weighted by Crippen LogP contribution is 2.23. The maximum Gasteiger partial charge on any atom is 0.407 e. The highest BCUT2D eigenvalue weighted by molar-refractivity contribution is 5.91. The van der Waals surface area contributed by atoms with Crippen LogP contribution in [0, 0.1) is 0 Å². The Bertz CT molecular complexity index is 551. The Morgan fingerprint density at radius 3 is 2.43 bits per heavy atom. The third-order valence-corrected chi connectivity index (χ3v) is 3.35. The zero-order chi connectivity index (χ0) is 15.2. The molecule has 2 amide bonds. The van der Waals surface area contributed by atoms with Gasteiger partial charge in [0.1, 0.15) is 0 Å². The van der Waals surface area contributed by atoms with E-state index in [1.54, 1.807) is 11.6 Å². The first-order chi connectivity index (χ1) is 10.1. The minimum absolute atomic E-state index is 0.449. The molecule has 0 atom stereocenters. The maximum atomic E-state index is 11.1. The van der Waals surface area contributed by atoms with E-state index in [1.165, 1.54) is 11.0 Å². The molecule has 1 aliphatic heterocycles. The molecule has 0 unspecified atom stereocenters. The molecule has 0 saturated carbocycles. The molecule has 2 rings (SSSR count). The van der Waals surface area contributed by atoms with E-state index >= 15 is 0 Å². The Morgan fingerprint density at radius 2 is 1.81 bits per heavy atom. The first-order valence-corrected chi connectivity index (χ1v) is 6.56. The van der Waals surface area contributed by atoms with E-state index in [2.05, 4.69) is 4.90 Å². The van der Waals surface area contributed by atoms with Crippen molar-refractivity contribution in [1.82, 2.24) is 10.4 Å². The summed E-state index contributed by atoms with van der Waals surface area (Å²) in [5.74, 6) is -0.597. The van der Waals surface area contributed by atoms with Crippen LogP contribution >= 0.6 is 0 Å². The van der Waals surface area contributed by atoms with Crippen molar-refractivity contribution < 1.29 is 19.9 Å². The molecule has 0 bridgehead atoms. The minimum Gasteiger partial charge on any atom is -0.465 e. The number of nitrogens with zero attached hydrogens (tertiary/aromatic N) is 2. The highest BCUT2D eigenvalue weighted by Gasteiger charge is 2.21. The summed E-state index contributed by atoms with van der Waals surface area (Å²) >= 11 is 0. The molecule has 0 aliphatic carbocycles. The van der Waals surface area contributed by atoms with Crippen LogP contribution in [0.2, 0.25) is 0 Å². The van der Waals surface area contributed by atoms with Gasteiger partial charge in [-0.3, -0.25) is 10.0 Å². The van der Waals surface area contributed by atoms with E-state index in [0.717, 1.165) is 11.3 Å². The Kier molecular flexibility index (Phi) is 4.78. The van der Waals surface area contributed by atoms with Crippen LogP contribution in [0.1, 0.15) is 5.56 Å². The van der Waals surface area contributed by atoms with E-state index < -0.39 is 12.0 Å². The summed E-state index contributed by atoms with van der Waals surface area (Å²) in [5, 5.41) is 17.4. The number of carbonyl (C=O) groups excluding carboxylic acids is 1. The largest absolute Gasteiger partial charge is 0.465 e. The smallest absolute Gasteiger partial charge is 0.407 e. The van der Waals surface area contributed by atoms with Gasteiger partial charge in [-0.2, -0.15) is 0 Å². The monoisotopic (exact) mass is 291 g/mol. The fourth-order valence-corrected chi connectivity index (χ4v) is 2.26. The number of anilines is 1. The predicted molar refractivity (Wildman–Crippen MR) is 77.2 cm³/mol. The summed E-state index contributed by atoms with van der Waals surface area (Å²) < 4.78 is 0. The predicted octanol–water partition coefficient (Wildman–Crippen LogP) is 1.01. The van der Waals surface area contributed by atoms with Crippen LogP contribution in [0.5, 0.6) is 0 Å². The van der Waals surface area contributed by atoms with Gasteiger partial charge in [0.2, 0.25) is 0 Å². The van der Waals surface area contributed by atoms with Gasteiger partial charge in [-0.05, 0) is 17.7 Å². The zero-order valence-electron chi connectivity index (χ0n) is 11.4. The van der Waals surface area contributed by atoms with Crippen LogP contribution in [0.25, 0.3) is 6.08 Å². The van der Waals surface area contributed by atoms with Crippen LogP contribution in [-0.4, -0.2) is 53.4 Å². The van der Waals surface area contributed by atoms with Gasteiger partial charge in [0.05, 0.1) is 0 Å². The summed E-state index contributed by atoms with van der Waals surface area (Å²) in [5.41, 5.74) is 3.31. The number of amides is 2. The number of hydrogen-bond donors (Lipinski definition) is 3. The van der Waals surface area contributed by atoms with Crippen molar-refractivity contribution in [2.45, 2.75) is 0 Å². The van der Waals surface area contributed by atoms with Gasteiger partial charge < -0.3 is 14.9 Å². The second kappa shape index (κ2) is 6.76. The molecule has 1 aromatic rings. The van der Waals surface area contributed by atoms with Crippen molar-refractivity contribution in [3.63, 3.8) is 0 Å². The molecule has 3 N–H and O–H groups in total. The molecule has 112 valence electrons. The van der Waals surface area contributed by atoms with Crippen LogP contribution in [-0.2, 0) is 4.79 Å². The van der Waals surface area contributed by atoms with Gasteiger partial charge >= 0.3 is 6.09 Å². The maximum absolute atomic E-state index is 11.1. The fraction of sp³-hybridized carbons (Fsp3) is 0.286. The average Bonchev–Trinajstić information content (AvgIpc) is 2.53. The molecule has 1 saturated heterocycles. The first kappa shape index (κ1) is 14.9. The van der Waals surface area contributed by atoms with E-state index in [4.69, 9.17) is 10.3 Å². The van der Waals surface area contributed by atoms with Crippen molar-refractivity contribution in [2.24, 2.45) is 0 Å². The number of para-hydroxylation sites is 1. The second-order valence-electron chi connectivity index (χ2n) is 4.62. The topological polar surface area (TPSA) is 93.1 Å². The molecule has 1 fully saturated rings.